The Morgan fingerprint density at radius 1 is 0.524 bits per heavy atom. The van der Waals surface area contributed by atoms with E-state index in [1.165, 1.54) is 0 Å². The quantitative estimate of drug-likeness (QED) is 0.203. The maximum Gasteiger partial charge on any atom is 0.111 e. The van der Waals surface area contributed by atoms with Gasteiger partial charge in [0.25, 0.3) is 0 Å². The summed E-state index contributed by atoms with van der Waals surface area (Å²) in [6.45, 7) is 2.03. The molecule has 2 heteroatoms. The lowest BCUT2D eigenvalue weighted by molar-refractivity contribution is 1.00. The summed E-state index contributed by atoms with van der Waals surface area (Å²) < 4.78 is 44.7. The fourth-order valence-electron chi connectivity index (χ4n) is 6.34. The Hall–Kier alpha value is -5.47. The first-order valence-corrected chi connectivity index (χ1v) is 14.0. The number of para-hydroxylation sites is 3. The molecule has 0 radical (unpaired) electrons. The van der Waals surface area contributed by atoms with Crippen molar-refractivity contribution < 1.29 is 6.85 Å². The topological polar surface area (TPSA) is 17.8 Å². The molecule has 0 unspecified atom stereocenters. The van der Waals surface area contributed by atoms with E-state index in [0.29, 0.717) is 5.56 Å². The van der Waals surface area contributed by atoms with Crippen LogP contribution in [-0.2, 0) is 0 Å². The van der Waals surface area contributed by atoms with Gasteiger partial charge in [0.15, 0.2) is 0 Å². The number of fused-ring (bicyclic) bond motifs is 3. The van der Waals surface area contributed by atoms with Crippen LogP contribution in [0.25, 0.3) is 71.6 Å². The molecule has 8 rings (SSSR count). The largest absolute Gasteiger partial charge is 0.296 e. The smallest absolute Gasteiger partial charge is 0.111 e. The summed E-state index contributed by atoms with van der Waals surface area (Å²) in [5.74, 6) is 0.899. The van der Waals surface area contributed by atoms with Gasteiger partial charge in [0.2, 0.25) is 0 Å². The molecule has 0 amide bonds. The number of nitrogens with zero attached hydrogens (tertiary/aromatic N) is 2. The van der Waals surface area contributed by atoms with Gasteiger partial charge in [-0.05, 0) is 74.5 Å². The Balaban J connectivity index is 1.49. The second-order valence-electron chi connectivity index (χ2n) is 10.4. The van der Waals surface area contributed by atoms with E-state index in [1.54, 1.807) is 0 Å². The third-order valence-corrected chi connectivity index (χ3v) is 8.04. The average molecular weight is 542 g/mol. The van der Waals surface area contributed by atoms with Crippen LogP contribution in [-0.4, -0.2) is 9.55 Å². The Morgan fingerprint density at radius 3 is 1.69 bits per heavy atom. The minimum Gasteiger partial charge on any atom is -0.296 e. The van der Waals surface area contributed by atoms with Crippen molar-refractivity contribution in [3.63, 3.8) is 0 Å². The number of hydrogen-bond acceptors (Lipinski definition) is 1. The van der Waals surface area contributed by atoms with Crippen molar-refractivity contribution in [2.75, 3.05) is 0 Å². The molecule has 198 valence electrons. The van der Waals surface area contributed by atoms with Gasteiger partial charge in [0.05, 0.1) is 23.6 Å². The maximum absolute atomic E-state index is 8.79. The molecule has 0 saturated carbocycles. The first-order chi connectivity index (χ1) is 22.9. The predicted octanol–water partition coefficient (Wildman–Crippen LogP) is 10.6. The van der Waals surface area contributed by atoms with Crippen LogP contribution in [0.3, 0.4) is 0 Å². The van der Waals surface area contributed by atoms with Gasteiger partial charge >= 0.3 is 0 Å². The second kappa shape index (κ2) is 9.87. The molecule has 0 spiro atoms. The fourth-order valence-corrected chi connectivity index (χ4v) is 6.34. The van der Waals surface area contributed by atoms with Crippen LogP contribution >= 0.6 is 0 Å². The highest BCUT2D eigenvalue weighted by Crippen LogP contribution is 2.47. The minimum atomic E-state index is -0.402. The summed E-state index contributed by atoms with van der Waals surface area (Å²) in [6, 6.07) is 39.4. The summed E-state index contributed by atoms with van der Waals surface area (Å²) in [5, 5.41) is 4.10. The number of benzene rings is 7. The fraction of sp³-hybridized carbons (Fsp3) is 0.0250. The van der Waals surface area contributed by atoms with Crippen molar-refractivity contribution in [1.29, 1.82) is 0 Å². The van der Waals surface area contributed by atoms with Crippen molar-refractivity contribution in [2.45, 2.75) is 6.92 Å². The van der Waals surface area contributed by atoms with Crippen LogP contribution in [0.5, 0.6) is 0 Å². The van der Waals surface area contributed by atoms with Gasteiger partial charge < -0.3 is 0 Å². The molecule has 7 aromatic carbocycles. The molecule has 0 fully saturated rings. The number of imidazole rings is 1. The maximum atomic E-state index is 8.79. The van der Waals surface area contributed by atoms with Gasteiger partial charge in [-0.3, -0.25) is 4.57 Å². The van der Waals surface area contributed by atoms with E-state index in [0.717, 1.165) is 66.3 Å². The summed E-state index contributed by atoms with van der Waals surface area (Å²) >= 11 is 0. The SMILES string of the molecule is [2H]c1c([2H])c([2H])c(-c2ccccc2-c2c3ccccc3c(-c3ccccc3-n3c(C)nc4ccccc43)c3ccccc23)c([2H])c1[2H]. The van der Waals surface area contributed by atoms with Gasteiger partial charge in [-0.15, -0.1) is 0 Å². The molecule has 8 aromatic rings. The van der Waals surface area contributed by atoms with E-state index in [9.17, 15) is 0 Å². The summed E-state index contributed by atoms with van der Waals surface area (Å²) in [5.41, 5.74) is 7.69. The number of rotatable bonds is 4. The molecule has 42 heavy (non-hydrogen) atoms. The standard InChI is InChI=1S/C40H28N2/c1-27-41-36-24-12-14-26-38(36)42(27)37-25-13-11-23-35(37)40-33-21-9-7-19-31(33)39(32-20-8-10-22-34(32)40)30-18-6-5-17-29(30)28-15-3-2-4-16-28/h2-26H,1H3/i2D,3D,4D,15D,16D. The van der Waals surface area contributed by atoms with E-state index >= 15 is 0 Å². The molecule has 1 heterocycles. The molecule has 1 aromatic heterocycles. The van der Waals surface area contributed by atoms with Crippen LogP contribution in [0.15, 0.2) is 152 Å². The van der Waals surface area contributed by atoms with Crippen LogP contribution < -0.4 is 0 Å². The first-order valence-electron chi connectivity index (χ1n) is 16.5. The first kappa shape index (κ1) is 19.6. The van der Waals surface area contributed by atoms with E-state index < -0.39 is 6.04 Å². The summed E-state index contributed by atoms with van der Waals surface area (Å²) in [6.07, 6.45) is 0. The zero-order valence-electron chi connectivity index (χ0n) is 27.9. The van der Waals surface area contributed by atoms with E-state index in [1.807, 2.05) is 73.7 Å². The minimum absolute atomic E-state index is 0.191. The molecule has 0 atom stereocenters. The van der Waals surface area contributed by atoms with E-state index in [2.05, 4.69) is 59.2 Å². The van der Waals surface area contributed by atoms with Crippen LogP contribution in [0.2, 0.25) is 0 Å². The van der Waals surface area contributed by atoms with Crippen LogP contribution in [0.1, 0.15) is 12.7 Å². The Morgan fingerprint density at radius 2 is 1.02 bits per heavy atom. The molecule has 0 aliphatic heterocycles. The lowest BCUT2D eigenvalue weighted by Crippen LogP contribution is -2.00. The van der Waals surface area contributed by atoms with Crippen molar-refractivity contribution in [3.8, 4) is 39.1 Å². The normalized spacial score (nSPS) is 13.1. The zero-order valence-corrected chi connectivity index (χ0v) is 22.9. The molecule has 0 bridgehead atoms. The lowest BCUT2D eigenvalue weighted by Gasteiger charge is -2.21. The second-order valence-corrected chi connectivity index (χ2v) is 10.4. The average Bonchev–Trinajstić information content (AvgIpc) is 3.44. The number of aromatic nitrogens is 2. The van der Waals surface area contributed by atoms with Gasteiger partial charge in [0, 0.05) is 5.56 Å². The highest BCUT2D eigenvalue weighted by molar-refractivity contribution is 6.23. The van der Waals surface area contributed by atoms with Gasteiger partial charge in [0.1, 0.15) is 5.82 Å². The van der Waals surface area contributed by atoms with Gasteiger partial charge in [-0.2, -0.15) is 0 Å². The molecule has 0 N–H and O–H groups in total. The Bertz CT molecular complexity index is 2460. The molecule has 0 aliphatic rings. The monoisotopic (exact) mass is 541 g/mol. The van der Waals surface area contributed by atoms with Crippen molar-refractivity contribution in [3.05, 3.63) is 157 Å². The van der Waals surface area contributed by atoms with Crippen molar-refractivity contribution in [1.82, 2.24) is 9.55 Å². The highest BCUT2D eigenvalue weighted by Gasteiger charge is 2.21. The van der Waals surface area contributed by atoms with Crippen molar-refractivity contribution >= 4 is 32.6 Å². The Kier molecular flexibility index (Phi) is 4.60. The highest BCUT2D eigenvalue weighted by atomic mass is 15.1. The summed E-state index contributed by atoms with van der Waals surface area (Å²) in [4.78, 5) is 4.87. The molecule has 0 aliphatic carbocycles. The Labute approximate surface area is 252 Å². The van der Waals surface area contributed by atoms with Crippen molar-refractivity contribution in [2.24, 2.45) is 0 Å². The van der Waals surface area contributed by atoms with Gasteiger partial charge in [-0.1, -0.05) is 133 Å². The number of aryl methyl sites for hydroxylation is 1. The molecule has 0 saturated heterocycles. The third kappa shape index (κ3) is 3.77. The number of hydrogen-bond donors (Lipinski definition) is 0. The van der Waals surface area contributed by atoms with E-state index in [-0.39, 0.29) is 29.7 Å². The third-order valence-electron chi connectivity index (χ3n) is 8.04. The molecule has 2 nitrogen and oxygen atoms in total. The lowest BCUT2D eigenvalue weighted by atomic mass is 9.83. The molecular weight excluding hydrogens is 508 g/mol. The predicted molar refractivity (Wildman–Crippen MR) is 177 cm³/mol. The van der Waals surface area contributed by atoms with E-state index in [4.69, 9.17) is 11.8 Å². The van der Waals surface area contributed by atoms with Gasteiger partial charge in [-0.25, -0.2) is 4.98 Å². The molecular formula is C40H28N2. The van der Waals surface area contributed by atoms with Crippen LogP contribution in [0.4, 0.5) is 0 Å². The van der Waals surface area contributed by atoms with Crippen LogP contribution in [0, 0.1) is 6.92 Å². The zero-order chi connectivity index (χ0) is 32.4. The summed E-state index contributed by atoms with van der Waals surface area (Å²) in [7, 11) is 0.